The van der Waals surface area contributed by atoms with Crippen LogP contribution in [0, 0.1) is 11.8 Å². The number of aliphatic hydroxyl groups excluding tert-OH is 1. The molecule has 27 heavy (non-hydrogen) atoms. The number of hydrogen-bond donors (Lipinski definition) is 1. The van der Waals surface area contributed by atoms with Gasteiger partial charge in [0.2, 0.25) is 0 Å². The molecule has 4 nitrogen and oxygen atoms in total. The molecule has 0 spiro atoms. The topological polar surface area (TPSA) is 55.8 Å². The number of carbonyl (C=O) groups is 1. The third-order valence-corrected chi connectivity index (χ3v) is 6.34. The molecule has 150 valence electrons. The van der Waals surface area contributed by atoms with Gasteiger partial charge in [-0.25, -0.2) is 0 Å². The number of aliphatic hydroxyl groups is 1. The summed E-state index contributed by atoms with van der Waals surface area (Å²) in [5.74, 6) is 1.17. The van der Waals surface area contributed by atoms with Gasteiger partial charge in [0.05, 0.1) is 19.1 Å². The fraction of sp³-hybridized carbons (Fsp3) is 0.696. The average Bonchev–Trinajstić information content (AvgIpc) is 2.74. The third kappa shape index (κ3) is 5.71. The molecule has 2 fully saturated rings. The molecule has 1 aromatic rings. The minimum Gasteiger partial charge on any atom is -0.497 e. The molecule has 2 atom stereocenters. The summed E-state index contributed by atoms with van der Waals surface area (Å²) in [6.07, 6.45) is 10.9. The molecule has 0 aliphatic heterocycles. The highest BCUT2D eigenvalue weighted by molar-refractivity contribution is 5.72. The molecule has 0 saturated heterocycles. The second-order valence-electron chi connectivity index (χ2n) is 8.23. The van der Waals surface area contributed by atoms with E-state index in [1.54, 1.807) is 7.11 Å². The maximum absolute atomic E-state index is 12.7. The Morgan fingerprint density at radius 2 is 1.59 bits per heavy atom. The fourth-order valence-corrected chi connectivity index (χ4v) is 4.61. The van der Waals surface area contributed by atoms with Gasteiger partial charge in [-0.2, -0.15) is 0 Å². The van der Waals surface area contributed by atoms with Gasteiger partial charge in [-0.05, 0) is 49.3 Å². The van der Waals surface area contributed by atoms with E-state index < -0.39 is 6.10 Å². The van der Waals surface area contributed by atoms with Crippen LogP contribution >= 0.6 is 0 Å². The molecule has 4 heteroatoms. The predicted molar refractivity (Wildman–Crippen MR) is 106 cm³/mol. The lowest BCUT2D eigenvalue weighted by molar-refractivity contribution is -0.160. The first-order valence-electron chi connectivity index (χ1n) is 10.7. The molecule has 3 rings (SSSR count). The summed E-state index contributed by atoms with van der Waals surface area (Å²) < 4.78 is 11.2. The number of rotatable bonds is 7. The number of benzene rings is 1. The van der Waals surface area contributed by atoms with E-state index in [1.807, 2.05) is 24.3 Å². The number of carbonyl (C=O) groups excluding carboxylic acids is 1. The van der Waals surface area contributed by atoms with Crippen molar-refractivity contribution in [2.75, 3.05) is 7.11 Å². The zero-order valence-electron chi connectivity index (χ0n) is 16.6. The smallest absolute Gasteiger partial charge is 0.309 e. The van der Waals surface area contributed by atoms with Gasteiger partial charge < -0.3 is 14.6 Å². The van der Waals surface area contributed by atoms with Crippen LogP contribution in [0.25, 0.3) is 0 Å². The largest absolute Gasteiger partial charge is 0.497 e. The lowest BCUT2D eigenvalue weighted by atomic mass is 9.82. The Morgan fingerprint density at radius 1 is 1.00 bits per heavy atom. The molecule has 2 saturated carbocycles. The first-order chi connectivity index (χ1) is 13.2. The van der Waals surface area contributed by atoms with Crippen LogP contribution in [-0.4, -0.2) is 24.3 Å². The first-order valence-corrected chi connectivity index (χ1v) is 10.7. The summed E-state index contributed by atoms with van der Waals surface area (Å²) >= 11 is 0. The first kappa shape index (κ1) is 20.2. The highest BCUT2D eigenvalue weighted by Crippen LogP contribution is 2.34. The molecule has 0 bridgehead atoms. The molecule has 0 unspecified atom stereocenters. The van der Waals surface area contributed by atoms with Crippen molar-refractivity contribution in [1.82, 2.24) is 0 Å². The Morgan fingerprint density at radius 3 is 2.19 bits per heavy atom. The van der Waals surface area contributed by atoms with Crippen molar-refractivity contribution in [3.63, 3.8) is 0 Å². The summed E-state index contributed by atoms with van der Waals surface area (Å²) in [6, 6.07) is 7.51. The van der Waals surface area contributed by atoms with E-state index in [1.165, 1.54) is 25.7 Å². The maximum atomic E-state index is 12.7. The highest BCUT2D eigenvalue weighted by atomic mass is 16.5. The SMILES string of the molecule is COc1ccc([C@@H](O)C[C@H](OC(=O)C2CCCCC2)C2CCCCC2)cc1. The van der Waals surface area contributed by atoms with Gasteiger partial charge in [-0.1, -0.05) is 50.7 Å². The van der Waals surface area contributed by atoms with Crippen LogP contribution in [0.5, 0.6) is 5.75 Å². The van der Waals surface area contributed by atoms with E-state index in [0.29, 0.717) is 12.3 Å². The van der Waals surface area contributed by atoms with Gasteiger partial charge in [-0.15, -0.1) is 0 Å². The highest BCUT2D eigenvalue weighted by Gasteiger charge is 2.32. The van der Waals surface area contributed by atoms with Crippen molar-refractivity contribution in [3.05, 3.63) is 29.8 Å². The van der Waals surface area contributed by atoms with Crippen molar-refractivity contribution in [3.8, 4) is 5.75 Å². The van der Waals surface area contributed by atoms with E-state index in [0.717, 1.165) is 49.8 Å². The average molecular weight is 375 g/mol. The molecule has 0 aromatic heterocycles. The summed E-state index contributed by atoms with van der Waals surface area (Å²) in [7, 11) is 1.63. The van der Waals surface area contributed by atoms with Crippen LogP contribution in [0.3, 0.4) is 0 Å². The number of methoxy groups -OCH3 is 1. The van der Waals surface area contributed by atoms with Crippen LogP contribution in [0.1, 0.15) is 82.3 Å². The molecular formula is C23H34O4. The minimum atomic E-state index is -0.623. The summed E-state index contributed by atoms with van der Waals surface area (Å²) in [4.78, 5) is 12.7. The van der Waals surface area contributed by atoms with Crippen molar-refractivity contribution in [1.29, 1.82) is 0 Å². The Bertz CT molecular complexity index is 571. The van der Waals surface area contributed by atoms with Gasteiger partial charge >= 0.3 is 5.97 Å². The lowest BCUT2D eigenvalue weighted by Gasteiger charge is -2.33. The number of hydrogen-bond acceptors (Lipinski definition) is 4. The normalized spacial score (nSPS) is 21.4. The monoisotopic (exact) mass is 374 g/mol. The van der Waals surface area contributed by atoms with Crippen LogP contribution in [0.4, 0.5) is 0 Å². The van der Waals surface area contributed by atoms with Gasteiger partial charge in [0.25, 0.3) is 0 Å². The molecule has 0 radical (unpaired) electrons. The van der Waals surface area contributed by atoms with E-state index in [2.05, 4.69) is 0 Å². The predicted octanol–water partition coefficient (Wildman–Crippen LogP) is 5.19. The molecular weight excluding hydrogens is 340 g/mol. The second-order valence-corrected chi connectivity index (χ2v) is 8.23. The summed E-state index contributed by atoms with van der Waals surface area (Å²) in [5, 5.41) is 10.8. The molecule has 1 N–H and O–H groups in total. The van der Waals surface area contributed by atoms with Crippen molar-refractivity contribution in [2.24, 2.45) is 11.8 Å². The van der Waals surface area contributed by atoms with E-state index in [9.17, 15) is 9.90 Å². The Labute approximate surface area is 163 Å². The Balaban J connectivity index is 1.65. The van der Waals surface area contributed by atoms with E-state index in [4.69, 9.17) is 9.47 Å². The third-order valence-electron chi connectivity index (χ3n) is 6.34. The number of ether oxygens (including phenoxy) is 2. The maximum Gasteiger partial charge on any atom is 0.309 e. The van der Waals surface area contributed by atoms with E-state index in [-0.39, 0.29) is 18.0 Å². The molecule has 2 aliphatic carbocycles. The van der Waals surface area contributed by atoms with Crippen LogP contribution in [0.15, 0.2) is 24.3 Å². The van der Waals surface area contributed by atoms with Crippen molar-refractivity contribution < 1.29 is 19.4 Å². The quantitative estimate of drug-likeness (QED) is 0.667. The molecule has 0 amide bonds. The zero-order valence-corrected chi connectivity index (χ0v) is 16.6. The zero-order chi connectivity index (χ0) is 19.1. The number of esters is 1. The minimum absolute atomic E-state index is 0.0350. The second kappa shape index (κ2) is 10.1. The fourth-order valence-electron chi connectivity index (χ4n) is 4.61. The van der Waals surface area contributed by atoms with Crippen LogP contribution in [0.2, 0.25) is 0 Å². The molecule has 0 heterocycles. The van der Waals surface area contributed by atoms with Crippen molar-refractivity contribution >= 4 is 5.97 Å². The van der Waals surface area contributed by atoms with Gasteiger partial charge in [0.1, 0.15) is 11.9 Å². The lowest BCUT2D eigenvalue weighted by Crippen LogP contribution is -2.33. The van der Waals surface area contributed by atoms with Crippen molar-refractivity contribution in [2.45, 2.75) is 82.8 Å². The van der Waals surface area contributed by atoms with E-state index >= 15 is 0 Å². The Kier molecular flexibility index (Phi) is 7.57. The molecule has 2 aliphatic rings. The van der Waals surface area contributed by atoms with Crippen LogP contribution < -0.4 is 4.74 Å². The molecule has 1 aromatic carbocycles. The summed E-state index contributed by atoms with van der Waals surface area (Å²) in [5.41, 5.74) is 0.852. The van der Waals surface area contributed by atoms with Gasteiger partial charge in [-0.3, -0.25) is 4.79 Å². The summed E-state index contributed by atoms with van der Waals surface area (Å²) in [6.45, 7) is 0. The van der Waals surface area contributed by atoms with Crippen LogP contribution in [-0.2, 0) is 9.53 Å². The van der Waals surface area contributed by atoms with Gasteiger partial charge in [0, 0.05) is 6.42 Å². The Hall–Kier alpha value is -1.55. The van der Waals surface area contributed by atoms with Gasteiger partial charge in [0.15, 0.2) is 0 Å². The standard InChI is InChI=1S/C23H34O4/c1-26-20-14-12-17(13-15-20)21(24)16-22(18-8-4-2-5-9-18)27-23(25)19-10-6-3-7-11-19/h12-15,18-19,21-22,24H,2-11,16H2,1H3/t21-,22-/m0/s1.